The lowest BCUT2D eigenvalue weighted by Crippen LogP contribution is -2.45. The van der Waals surface area contributed by atoms with E-state index in [1.807, 2.05) is 0 Å². The van der Waals surface area contributed by atoms with Gasteiger partial charge in [0.25, 0.3) is 0 Å². The molecule has 1 aromatic rings. The zero-order valence-electron chi connectivity index (χ0n) is 15.9. The normalized spacial score (nSPS) is 22.9. The van der Waals surface area contributed by atoms with E-state index in [0.29, 0.717) is 0 Å². The zero-order valence-corrected chi connectivity index (χ0v) is 16.7. The standard InChI is InChI=1S/C20H30N4O2.ClH/c25-20(26)18-13-22-19(14-21-18)24-10-6-16(7-11-24)12-15-4-8-23(9-5-15)17-2-1-3-17;/h13-17H,1-12H2,(H,25,26);1H. The van der Waals surface area contributed by atoms with Crippen molar-refractivity contribution >= 4 is 24.2 Å². The summed E-state index contributed by atoms with van der Waals surface area (Å²) >= 11 is 0. The minimum absolute atomic E-state index is 0. The monoisotopic (exact) mass is 394 g/mol. The summed E-state index contributed by atoms with van der Waals surface area (Å²) in [5, 5.41) is 8.92. The number of aromatic carboxylic acids is 1. The first kappa shape index (κ1) is 20.3. The van der Waals surface area contributed by atoms with Crippen molar-refractivity contribution in [3.05, 3.63) is 18.1 Å². The largest absolute Gasteiger partial charge is 0.476 e. The van der Waals surface area contributed by atoms with E-state index >= 15 is 0 Å². The van der Waals surface area contributed by atoms with Crippen LogP contribution in [0.5, 0.6) is 0 Å². The number of anilines is 1. The minimum atomic E-state index is -1.02. The third kappa shape index (κ3) is 4.91. The second-order valence-electron chi connectivity index (χ2n) is 8.30. The lowest BCUT2D eigenvalue weighted by Gasteiger charge is -2.42. The van der Waals surface area contributed by atoms with Crippen LogP contribution in [0.2, 0.25) is 0 Å². The number of likely N-dealkylation sites (tertiary alicyclic amines) is 1. The molecular weight excluding hydrogens is 364 g/mol. The van der Waals surface area contributed by atoms with E-state index in [-0.39, 0.29) is 18.1 Å². The van der Waals surface area contributed by atoms with Crippen LogP contribution in [0.25, 0.3) is 0 Å². The van der Waals surface area contributed by atoms with Gasteiger partial charge in [0, 0.05) is 19.1 Å². The smallest absolute Gasteiger partial charge is 0.356 e. The molecule has 7 heteroatoms. The molecule has 1 N–H and O–H groups in total. The van der Waals surface area contributed by atoms with Crippen LogP contribution < -0.4 is 4.90 Å². The summed E-state index contributed by atoms with van der Waals surface area (Å²) in [6.07, 6.45) is 13.8. The Morgan fingerprint density at radius 2 is 1.59 bits per heavy atom. The van der Waals surface area contributed by atoms with Gasteiger partial charge >= 0.3 is 5.97 Å². The Bertz CT molecular complexity index is 607. The highest BCUT2D eigenvalue weighted by Gasteiger charge is 2.30. The molecular formula is C20H31ClN4O2. The predicted molar refractivity (Wildman–Crippen MR) is 108 cm³/mol. The highest BCUT2D eigenvalue weighted by Crippen LogP contribution is 2.33. The molecule has 0 aromatic carbocycles. The lowest BCUT2D eigenvalue weighted by molar-refractivity contribution is 0.0690. The molecule has 0 atom stereocenters. The van der Waals surface area contributed by atoms with Crippen molar-refractivity contribution in [3.63, 3.8) is 0 Å². The van der Waals surface area contributed by atoms with Gasteiger partial charge in [0.05, 0.1) is 12.4 Å². The predicted octanol–water partition coefficient (Wildman–Crippen LogP) is 3.47. The number of aromatic nitrogens is 2. The van der Waals surface area contributed by atoms with Crippen LogP contribution in [0.15, 0.2) is 12.4 Å². The fourth-order valence-corrected chi connectivity index (χ4v) is 4.77. The number of piperidine rings is 2. The molecule has 3 aliphatic rings. The molecule has 6 nitrogen and oxygen atoms in total. The number of carboxylic acid groups (broad SMARTS) is 1. The second-order valence-corrected chi connectivity index (χ2v) is 8.30. The highest BCUT2D eigenvalue weighted by molar-refractivity contribution is 5.85. The minimum Gasteiger partial charge on any atom is -0.476 e. The molecule has 4 rings (SSSR count). The van der Waals surface area contributed by atoms with E-state index in [1.165, 1.54) is 70.7 Å². The summed E-state index contributed by atoms with van der Waals surface area (Å²) < 4.78 is 0. The van der Waals surface area contributed by atoms with Crippen molar-refractivity contribution < 1.29 is 9.90 Å². The molecule has 1 aromatic heterocycles. The topological polar surface area (TPSA) is 69.6 Å². The van der Waals surface area contributed by atoms with Crippen LogP contribution in [0.3, 0.4) is 0 Å². The maximum absolute atomic E-state index is 10.9. The van der Waals surface area contributed by atoms with Crippen molar-refractivity contribution in [3.8, 4) is 0 Å². The van der Waals surface area contributed by atoms with Crippen LogP contribution >= 0.6 is 12.4 Å². The summed E-state index contributed by atoms with van der Waals surface area (Å²) in [7, 11) is 0. The molecule has 27 heavy (non-hydrogen) atoms. The summed E-state index contributed by atoms with van der Waals surface area (Å²) in [6.45, 7) is 4.65. The van der Waals surface area contributed by atoms with Gasteiger partial charge in [-0.1, -0.05) is 6.42 Å². The van der Waals surface area contributed by atoms with Crippen LogP contribution in [-0.2, 0) is 0 Å². The average molecular weight is 395 g/mol. The Morgan fingerprint density at radius 1 is 0.963 bits per heavy atom. The van der Waals surface area contributed by atoms with E-state index in [2.05, 4.69) is 19.8 Å². The molecule has 3 heterocycles. The third-order valence-corrected chi connectivity index (χ3v) is 6.70. The maximum atomic E-state index is 10.9. The number of halogens is 1. The first-order valence-electron chi connectivity index (χ1n) is 10.2. The fourth-order valence-electron chi connectivity index (χ4n) is 4.77. The number of carbonyl (C=O) groups is 1. The van der Waals surface area contributed by atoms with Gasteiger partial charge in [-0.15, -0.1) is 12.4 Å². The molecule has 3 fully saturated rings. The summed E-state index contributed by atoms with van der Waals surface area (Å²) in [5.41, 5.74) is 0.0110. The first-order valence-corrected chi connectivity index (χ1v) is 10.2. The second kappa shape index (κ2) is 9.20. The highest BCUT2D eigenvalue weighted by atomic mass is 35.5. The van der Waals surface area contributed by atoms with Crippen molar-refractivity contribution in [2.45, 2.75) is 57.4 Å². The molecule has 0 radical (unpaired) electrons. The van der Waals surface area contributed by atoms with Crippen LogP contribution in [0, 0.1) is 11.8 Å². The number of hydrogen-bond acceptors (Lipinski definition) is 5. The van der Waals surface area contributed by atoms with E-state index in [1.54, 1.807) is 6.20 Å². The molecule has 150 valence electrons. The Balaban J connectivity index is 0.00000210. The Kier molecular flexibility index (Phi) is 6.93. The van der Waals surface area contributed by atoms with Crippen molar-refractivity contribution in [1.82, 2.24) is 14.9 Å². The molecule has 2 aliphatic heterocycles. The van der Waals surface area contributed by atoms with Crippen molar-refractivity contribution in [2.75, 3.05) is 31.1 Å². The van der Waals surface area contributed by atoms with Gasteiger partial charge < -0.3 is 14.9 Å². The summed E-state index contributed by atoms with van der Waals surface area (Å²) in [4.78, 5) is 24.1. The van der Waals surface area contributed by atoms with E-state index in [9.17, 15) is 4.79 Å². The van der Waals surface area contributed by atoms with Crippen molar-refractivity contribution in [1.29, 1.82) is 0 Å². The molecule has 1 saturated carbocycles. The molecule has 1 aliphatic carbocycles. The quantitative estimate of drug-likeness (QED) is 0.824. The van der Waals surface area contributed by atoms with E-state index in [0.717, 1.165) is 36.8 Å². The van der Waals surface area contributed by atoms with Gasteiger partial charge in [-0.3, -0.25) is 0 Å². The number of rotatable bonds is 5. The Hall–Kier alpha value is -1.40. The summed E-state index contributed by atoms with van der Waals surface area (Å²) in [5.74, 6) is 1.53. The first-order chi connectivity index (χ1) is 12.7. The number of hydrogen-bond donors (Lipinski definition) is 1. The Morgan fingerprint density at radius 3 is 2.07 bits per heavy atom. The van der Waals surface area contributed by atoms with Crippen LogP contribution in [-0.4, -0.2) is 58.2 Å². The van der Waals surface area contributed by atoms with Crippen LogP contribution in [0.1, 0.15) is 61.9 Å². The Labute approximate surface area is 167 Å². The summed E-state index contributed by atoms with van der Waals surface area (Å²) in [6, 6.07) is 0.910. The molecule has 0 amide bonds. The van der Waals surface area contributed by atoms with Gasteiger partial charge in [0.1, 0.15) is 5.82 Å². The van der Waals surface area contributed by atoms with Gasteiger partial charge in [0.15, 0.2) is 5.69 Å². The maximum Gasteiger partial charge on any atom is 0.356 e. The SMILES string of the molecule is Cl.O=C(O)c1cnc(N2CCC(CC3CCN(C4CCC4)CC3)CC2)cn1. The lowest BCUT2D eigenvalue weighted by atomic mass is 9.81. The van der Waals surface area contributed by atoms with Gasteiger partial charge in [0.2, 0.25) is 0 Å². The van der Waals surface area contributed by atoms with Gasteiger partial charge in [-0.25, -0.2) is 14.8 Å². The van der Waals surface area contributed by atoms with E-state index in [4.69, 9.17) is 5.11 Å². The molecule has 0 unspecified atom stereocenters. The zero-order chi connectivity index (χ0) is 17.9. The molecule has 0 spiro atoms. The van der Waals surface area contributed by atoms with Gasteiger partial charge in [-0.2, -0.15) is 0 Å². The third-order valence-electron chi connectivity index (χ3n) is 6.70. The number of nitrogens with zero attached hydrogens (tertiary/aromatic N) is 4. The van der Waals surface area contributed by atoms with E-state index < -0.39 is 5.97 Å². The molecule has 2 saturated heterocycles. The van der Waals surface area contributed by atoms with Crippen molar-refractivity contribution in [2.24, 2.45) is 11.8 Å². The molecule has 0 bridgehead atoms. The average Bonchev–Trinajstić information content (AvgIpc) is 2.63. The number of carboxylic acids is 1. The van der Waals surface area contributed by atoms with Gasteiger partial charge in [-0.05, 0) is 69.9 Å². The van der Waals surface area contributed by atoms with Crippen LogP contribution in [0.4, 0.5) is 5.82 Å². The fraction of sp³-hybridized carbons (Fsp3) is 0.750.